The number of aromatic nitrogens is 3. The molecular weight excluding hydrogens is 530 g/mol. The lowest BCUT2D eigenvalue weighted by Gasteiger charge is -2.37. The average Bonchev–Trinajstić information content (AvgIpc) is 3.35. The first-order chi connectivity index (χ1) is 19.7. The first-order valence-electron chi connectivity index (χ1n) is 14.1. The summed E-state index contributed by atoms with van der Waals surface area (Å²) in [5, 5.41) is 7.33. The number of carbonyl (C=O) groups is 1. The smallest absolute Gasteiger partial charge is 0.410 e. The maximum atomic E-state index is 12.7. The fourth-order valence-electron chi connectivity index (χ4n) is 5.66. The number of carbonyl (C=O) groups excluding carboxylic acids is 1. The third-order valence-corrected chi connectivity index (χ3v) is 8.76. The molecule has 5 aromatic rings. The molecule has 7 nitrogen and oxygen atoms in total. The number of amides is 1. The molecule has 0 radical (unpaired) electrons. The highest BCUT2D eigenvalue weighted by molar-refractivity contribution is 7.17. The van der Waals surface area contributed by atoms with Gasteiger partial charge in [0.05, 0.1) is 17.1 Å². The van der Waals surface area contributed by atoms with Crippen LogP contribution in [0.2, 0.25) is 0 Å². The number of anilines is 1. The molecule has 1 atom stereocenters. The van der Waals surface area contributed by atoms with E-state index >= 15 is 0 Å². The molecule has 0 spiro atoms. The molecule has 1 saturated heterocycles. The van der Waals surface area contributed by atoms with E-state index < -0.39 is 5.60 Å². The van der Waals surface area contributed by atoms with Crippen molar-refractivity contribution in [3.05, 3.63) is 83.8 Å². The number of piperidine rings is 1. The van der Waals surface area contributed by atoms with Crippen LogP contribution in [0.4, 0.5) is 10.5 Å². The van der Waals surface area contributed by atoms with E-state index in [4.69, 9.17) is 9.72 Å². The van der Waals surface area contributed by atoms with Gasteiger partial charge in [0.1, 0.15) is 5.60 Å². The number of hydrogen-bond donors (Lipinski definition) is 1. The first-order valence-corrected chi connectivity index (χ1v) is 15.0. The molecule has 0 saturated carbocycles. The second-order valence-corrected chi connectivity index (χ2v) is 12.7. The summed E-state index contributed by atoms with van der Waals surface area (Å²) >= 11 is 1.77. The first kappa shape index (κ1) is 27.1. The van der Waals surface area contributed by atoms with Gasteiger partial charge < -0.3 is 15.0 Å². The van der Waals surface area contributed by atoms with Gasteiger partial charge in [-0.25, -0.2) is 4.79 Å². The summed E-state index contributed by atoms with van der Waals surface area (Å²) in [5.74, 6) is 0.309. The number of hydrogen-bond acceptors (Lipinski definition) is 7. The third kappa shape index (κ3) is 5.88. The molecule has 1 N–H and O–H groups in total. The molecule has 41 heavy (non-hydrogen) atoms. The zero-order chi connectivity index (χ0) is 28.6. The van der Waals surface area contributed by atoms with Crippen LogP contribution < -0.4 is 5.32 Å². The Hall–Kier alpha value is -4.04. The molecule has 1 aliphatic rings. The number of nitrogens with one attached hydrogen (secondary N) is 1. The number of likely N-dealkylation sites (tertiary alicyclic amines) is 1. The molecule has 0 bridgehead atoms. The number of benzene rings is 2. The van der Waals surface area contributed by atoms with Gasteiger partial charge in [0.15, 0.2) is 0 Å². The van der Waals surface area contributed by atoms with Crippen LogP contribution in [-0.2, 0) is 4.74 Å². The summed E-state index contributed by atoms with van der Waals surface area (Å²) in [4.78, 5) is 28.4. The number of rotatable bonds is 5. The molecule has 3 aromatic heterocycles. The molecule has 2 aromatic carbocycles. The Morgan fingerprint density at radius 2 is 1.88 bits per heavy atom. The number of pyridine rings is 1. The van der Waals surface area contributed by atoms with E-state index in [0.29, 0.717) is 19.0 Å². The molecule has 8 heteroatoms. The van der Waals surface area contributed by atoms with Gasteiger partial charge in [0.25, 0.3) is 0 Å². The molecule has 6 rings (SSSR count). The Labute approximate surface area is 244 Å². The van der Waals surface area contributed by atoms with Crippen molar-refractivity contribution in [3.8, 4) is 11.1 Å². The number of thiophene rings is 1. The van der Waals surface area contributed by atoms with Crippen molar-refractivity contribution in [2.75, 3.05) is 18.4 Å². The maximum Gasteiger partial charge on any atom is 0.410 e. The number of fused-ring (bicyclic) bond motifs is 2. The summed E-state index contributed by atoms with van der Waals surface area (Å²) in [7, 11) is 0. The van der Waals surface area contributed by atoms with Crippen LogP contribution >= 0.6 is 11.3 Å². The molecular formula is C33H35N5O2S. The fraction of sp³-hybridized carbons (Fsp3) is 0.333. The van der Waals surface area contributed by atoms with Crippen molar-refractivity contribution in [2.24, 2.45) is 5.92 Å². The largest absolute Gasteiger partial charge is 0.444 e. The van der Waals surface area contributed by atoms with Gasteiger partial charge in [0.2, 0.25) is 0 Å². The van der Waals surface area contributed by atoms with E-state index in [1.54, 1.807) is 29.9 Å². The minimum absolute atomic E-state index is 0.0213. The van der Waals surface area contributed by atoms with E-state index in [-0.39, 0.29) is 12.1 Å². The highest BCUT2D eigenvalue weighted by Gasteiger charge is 2.32. The Morgan fingerprint density at radius 3 is 2.63 bits per heavy atom. The molecule has 0 aliphatic carbocycles. The molecule has 1 amide bonds. The molecule has 4 heterocycles. The van der Waals surface area contributed by atoms with Crippen molar-refractivity contribution in [2.45, 2.75) is 52.2 Å². The van der Waals surface area contributed by atoms with Crippen LogP contribution in [0.3, 0.4) is 0 Å². The quantitative estimate of drug-likeness (QED) is 0.232. The maximum absolute atomic E-state index is 12.7. The Balaban J connectivity index is 1.33. The molecule has 1 aliphatic heterocycles. The highest BCUT2D eigenvalue weighted by atomic mass is 32.1. The Bertz CT molecular complexity index is 1690. The second-order valence-electron chi connectivity index (χ2n) is 11.8. The van der Waals surface area contributed by atoms with Crippen molar-refractivity contribution in [3.63, 3.8) is 0 Å². The van der Waals surface area contributed by atoms with Crippen LogP contribution in [0.5, 0.6) is 0 Å². The standard InChI is InChI=1S/C33H35N5O2S/c1-21-20-41-29-8-7-23(16-26(21)29)27-17-25(18-28-31(27)36-13-12-35-28)37-30(24-6-5-11-34-19-24)22-9-14-38(15-10-22)32(39)40-33(2,3)4/h5-8,11-13,16-20,22,30,37H,9-10,14-15H2,1-4H3. The predicted molar refractivity (Wildman–Crippen MR) is 166 cm³/mol. The van der Waals surface area contributed by atoms with E-state index in [9.17, 15) is 4.79 Å². The van der Waals surface area contributed by atoms with Crippen LogP contribution in [0, 0.1) is 12.8 Å². The third-order valence-electron chi connectivity index (χ3n) is 7.68. The van der Waals surface area contributed by atoms with Crippen molar-refractivity contribution in [1.29, 1.82) is 0 Å². The summed E-state index contributed by atoms with van der Waals surface area (Å²) in [6.07, 6.45) is 8.72. The Morgan fingerprint density at radius 1 is 1.07 bits per heavy atom. The summed E-state index contributed by atoms with van der Waals surface area (Å²) < 4.78 is 6.91. The topological polar surface area (TPSA) is 80.2 Å². The highest BCUT2D eigenvalue weighted by Crippen LogP contribution is 2.38. The summed E-state index contributed by atoms with van der Waals surface area (Å²) in [6.45, 7) is 9.19. The SMILES string of the molecule is Cc1csc2ccc(-c3cc(NC(c4cccnc4)C4CCN(C(=O)OC(C)(C)C)CC4)cc4nccnc34)cc12. The molecule has 210 valence electrons. The zero-order valence-electron chi connectivity index (χ0n) is 23.9. The van der Waals surface area contributed by atoms with E-state index in [1.165, 1.54) is 15.6 Å². The summed E-state index contributed by atoms with van der Waals surface area (Å²) in [6, 6.07) is 15.0. The number of ether oxygens (including phenoxy) is 1. The van der Waals surface area contributed by atoms with Crippen LogP contribution in [0.1, 0.15) is 50.8 Å². The van der Waals surface area contributed by atoms with Crippen molar-refractivity contribution < 1.29 is 9.53 Å². The van der Waals surface area contributed by atoms with Gasteiger partial charge in [-0.05, 0) is 104 Å². The van der Waals surface area contributed by atoms with Crippen LogP contribution in [-0.4, -0.2) is 44.6 Å². The van der Waals surface area contributed by atoms with Gasteiger partial charge in [-0.2, -0.15) is 0 Å². The number of nitrogens with zero attached hydrogens (tertiary/aromatic N) is 4. The predicted octanol–water partition coefficient (Wildman–Crippen LogP) is 8.02. The monoisotopic (exact) mass is 565 g/mol. The van der Waals surface area contributed by atoms with E-state index in [0.717, 1.165) is 46.3 Å². The molecule has 1 unspecified atom stereocenters. The minimum atomic E-state index is -0.503. The van der Waals surface area contributed by atoms with E-state index in [1.807, 2.05) is 37.9 Å². The fourth-order valence-corrected chi connectivity index (χ4v) is 6.58. The normalized spacial score (nSPS) is 15.3. The van der Waals surface area contributed by atoms with Gasteiger partial charge >= 0.3 is 6.09 Å². The minimum Gasteiger partial charge on any atom is -0.444 e. The Kier molecular flexibility index (Phi) is 7.34. The lowest BCUT2D eigenvalue weighted by atomic mass is 9.85. The molecule has 1 fully saturated rings. The van der Waals surface area contributed by atoms with Gasteiger partial charge in [0, 0.05) is 53.8 Å². The van der Waals surface area contributed by atoms with Crippen molar-refractivity contribution >= 4 is 44.2 Å². The summed E-state index contributed by atoms with van der Waals surface area (Å²) in [5.41, 5.74) is 6.79. The second kappa shape index (κ2) is 11.1. The van der Waals surface area contributed by atoms with Gasteiger partial charge in [-0.3, -0.25) is 15.0 Å². The van der Waals surface area contributed by atoms with Crippen LogP contribution in [0.15, 0.2) is 72.6 Å². The van der Waals surface area contributed by atoms with Gasteiger partial charge in [-0.1, -0.05) is 12.1 Å². The average molecular weight is 566 g/mol. The zero-order valence-corrected chi connectivity index (χ0v) is 24.7. The lowest BCUT2D eigenvalue weighted by Crippen LogP contribution is -2.43. The van der Waals surface area contributed by atoms with Crippen LogP contribution in [0.25, 0.3) is 32.2 Å². The van der Waals surface area contributed by atoms with E-state index in [2.05, 4.69) is 64.0 Å². The van der Waals surface area contributed by atoms with Crippen molar-refractivity contribution in [1.82, 2.24) is 19.9 Å². The lowest BCUT2D eigenvalue weighted by molar-refractivity contribution is 0.0177. The van der Waals surface area contributed by atoms with Gasteiger partial charge in [-0.15, -0.1) is 11.3 Å². The number of aryl methyl sites for hydroxylation is 1.